The van der Waals surface area contributed by atoms with Gasteiger partial charge >= 0.3 is 11.9 Å². The number of ketones is 1. The molecule has 0 saturated heterocycles. The van der Waals surface area contributed by atoms with Crippen LogP contribution in [0.4, 0.5) is 0 Å². The fraction of sp³-hybridized carbons (Fsp3) is 0.222. The van der Waals surface area contributed by atoms with E-state index in [-0.39, 0.29) is 18.6 Å². The molecule has 0 aromatic heterocycles. The van der Waals surface area contributed by atoms with E-state index in [2.05, 4.69) is 0 Å². The second-order valence-corrected chi connectivity index (χ2v) is 2.42. The Balaban J connectivity index is 3.82. The Hall–Kier alpha value is -1.91. The number of aliphatic carboxylic acids is 2. The van der Waals surface area contributed by atoms with Crippen molar-refractivity contribution in [3.63, 3.8) is 0 Å². The summed E-state index contributed by atoms with van der Waals surface area (Å²) >= 11 is 0. The standard InChI is InChI=1S/C9H10O5/c10-7(5-6-9(13)14)3-1-2-4-8(11)12/h1-4H,5-6H2,(H,11,12)(H,13,14)/b3-1+,4-2+. The monoisotopic (exact) mass is 198 g/mol. The number of hydrogen-bond acceptors (Lipinski definition) is 3. The number of hydrogen-bond donors (Lipinski definition) is 2. The lowest BCUT2D eigenvalue weighted by molar-refractivity contribution is -0.138. The minimum Gasteiger partial charge on any atom is -0.481 e. The van der Waals surface area contributed by atoms with Gasteiger partial charge in [-0.15, -0.1) is 0 Å². The van der Waals surface area contributed by atoms with E-state index in [1.165, 1.54) is 12.2 Å². The molecule has 0 bridgehead atoms. The molecule has 0 aliphatic heterocycles. The van der Waals surface area contributed by atoms with Crippen molar-refractivity contribution in [3.05, 3.63) is 24.3 Å². The van der Waals surface area contributed by atoms with Crippen molar-refractivity contribution >= 4 is 17.7 Å². The van der Waals surface area contributed by atoms with Gasteiger partial charge in [0.25, 0.3) is 0 Å². The maximum Gasteiger partial charge on any atom is 0.328 e. The molecule has 0 aliphatic carbocycles. The van der Waals surface area contributed by atoms with Crippen molar-refractivity contribution in [1.29, 1.82) is 0 Å². The first kappa shape index (κ1) is 12.1. The first-order valence-electron chi connectivity index (χ1n) is 3.84. The molecule has 0 saturated carbocycles. The molecule has 5 heteroatoms. The predicted octanol–water partition coefficient (Wildman–Crippen LogP) is 0.617. The van der Waals surface area contributed by atoms with Crippen LogP contribution in [0, 0.1) is 0 Å². The number of carbonyl (C=O) groups is 3. The van der Waals surface area contributed by atoms with E-state index in [0.717, 1.165) is 12.2 Å². The third-order valence-corrected chi connectivity index (χ3v) is 1.22. The molecule has 5 nitrogen and oxygen atoms in total. The molecule has 0 radical (unpaired) electrons. The van der Waals surface area contributed by atoms with Crippen LogP contribution < -0.4 is 0 Å². The summed E-state index contributed by atoms with van der Waals surface area (Å²) in [5.41, 5.74) is 0. The molecule has 0 heterocycles. The van der Waals surface area contributed by atoms with Gasteiger partial charge in [-0.25, -0.2) is 4.79 Å². The summed E-state index contributed by atoms with van der Waals surface area (Å²) in [6.07, 6.45) is 4.18. The minimum atomic E-state index is -1.10. The summed E-state index contributed by atoms with van der Waals surface area (Å²) in [5, 5.41) is 16.4. The molecule has 0 aromatic carbocycles. The fourth-order valence-electron chi connectivity index (χ4n) is 0.614. The molecule has 0 fully saturated rings. The Morgan fingerprint density at radius 1 is 0.929 bits per heavy atom. The van der Waals surface area contributed by atoms with Crippen molar-refractivity contribution in [1.82, 2.24) is 0 Å². The molecule has 0 atom stereocenters. The maximum atomic E-state index is 10.9. The fourth-order valence-corrected chi connectivity index (χ4v) is 0.614. The number of carboxylic acid groups (broad SMARTS) is 2. The third-order valence-electron chi connectivity index (χ3n) is 1.22. The zero-order valence-electron chi connectivity index (χ0n) is 7.34. The van der Waals surface area contributed by atoms with Gasteiger partial charge < -0.3 is 10.2 Å². The highest BCUT2D eigenvalue weighted by atomic mass is 16.4. The summed E-state index contributed by atoms with van der Waals surface area (Å²) in [5.74, 6) is -2.48. The van der Waals surface area contributed by atoms with Gasteiger partial charge in [-0.3, -0.25) is 9.59 Å². The Bertz CT molecular complexity index is 288. The lowest BCUT2D eigenvalue weighted by atomic mass is 10.2. The number of rotatable bonds is 6. The van der Waals surface area contributed by atoms with E-state index in [0.29, 0.717) is 0 Å². The van der Waals surface area contributed by atoms with Gasteiger partial charge in [-0.05, 0) is 6.08 Å². The molecule has 0 amide bonds. The van der Waals surface area contributed by atoms with Crippen molar-refractivity contribution < 1.29 is 24.6 Å². The molecule has 14 heavy (non-hydrogen) atoms. The third kappa shape index (κ3) is 8.19. The normalized spacial score (nSPS) is 10.9. The molecule has 0 aromatic rings. The zero-order valence-corrected chi connectivity index (χ0v) is 7.34. The van der Waals surface area contributed by atoms with Crippen molar-refractivity contribution in [2.24, 2.45) is 0 Å². The average Bonchev–Trinajstić information content (AvgIpc) is 2.08. The van der Waals surface area contributed by atoms with Crippen molar-refractivity contribution in [3.8, 4) is 0 Å². The SMILES string of the molecule is O=C(O)/C=C/C=C/C(=O)CCC(=O)O. The summed E-state index contributed by atoms with van der Waals surface area (Å²) in [4.78, 5) is 30.9. The van der Waals surface area contributed by atoms with Crippen LogP contribution in [0.5, 0.6) is 0 Å². The topological polar surface area (TPSA) is 91.7 Å². The molecular formula is C9H10O5. The van der Waals surface area contributed by atoms with Crippen molar-refractivity contribution in [2.75, 3.05) is 0 Å². The van der Waals surface area contributed by atoms with E-state index in [4.69, 9.17) is 10.2 Å². The highest BCUT2D eigenvalue weighted by molar-refractivity contribution is 5.92. The summed E-state index contributed by atoms with van der Waals surface area (Å²) in [7, 11) is 0. The Kier molecular flexibility index (Phi) is 5.69. The quantitative estimate of drug-likeness (QED) is 0.482. The molecule has 0 aliphatic rings. The molecule has 76 valence electrons. The minimum absolute atomic E-state index is 0.0766. The van der Waals surface area contributed by atoms with E-state index >= 15 is 0 Å². The molecule has 0 spiro atoms. The van der Waals surface area contributed by atoms with Gasteiger partial charge in [0.05, 0.1) is 6.42 Å². The van der Waals surface area contributed by atoms with Gasteiger partial charge in [-0.1, -0.05) is 12.2 Å². The highest BCUT2D eigenvalue weighted by Crippen LogP contribution is 1.92. The van der Waals surface area contributed by atoms with E-state index in [1.54, 1.807) is 0 Å². The van der Waals surface area contributed by atoms with Gasteiger partial charge in [0.2, 0.25) is 0 Å². The van der Waals surface area contributed by atoms with Gasteiger partial charge in [-0.2, -0.15) is 0 Å². The van der Waals surface area contributed by atoms with Crippen LogP contribution in [0.15, 0.2) is 24.3 Å². The predicted molar refractivity (Wildman–Crippen MR) is 47.8 cm³/mol. The lowest BCUT2D eigenvalue weighted by Gasteiger charge is -1.88. The lowest BCUT2D eigenvalue weighted by Crippen LogP contribution is -1.99. The molecule has 0 rings (SSSR count). The van der Waals surface area contributed by atoms with Gasteiger partial charge in [0, 0.05) is 12.5 Å². The first-order chi connectivity index (χ1) is 6.52. The summed E-state index contributed by atoms with van der Waals surface area (Å²) in [6.45, 7) is 0. The van der Waals surface area contributed by atoms with Gasteiger partial charge in [0.15, 0.2) is 5.78 Å². The Morgan fingerprint density at radius 3 is 2.00 bits per heavy atom. The van der Waals surface area contributed by atoms with Crippen LogP contribution in [0.25, 0.3) is 0 Å². The number of allylic oxidation sites excluding steroid dienone is 3. The Labute approximate surface area is 80.4 Å². The van der Waals surface area contributed by atoms with Crippen LogP contribution in [-0.4, -0.2) is 27.9 Å². The van der Waals surface area contributed by atoms with Crippen LogP contribution in [0.3, 0.4) is 0 Å². The summed E-state index contributed by atoms with van der Waals surface area (Å²) in [6, 6.07) is 0. The van der Waals surface area contributed by atoms with Crippen LogP contribution >= 0.6 is 0 Å². The average molecular weight is 198 g/mol. The summed E-state index contributed by atoms with van der Waals surface area (Å²) < 4.78 is 0. The molecule has 2 N–H and O–H groups in total. The van der Waals surface area contributed by atoms with Crippen LogP contribution in [-0.2, 0) is 14.4 Å². The van der Waals surface area contributed by atoms with E-state index in [9.17, 15) is 14.4 Å². The number of carbonyl (C=O) groups excluding carboxylic acids is 1. The van der Waals surface area contributed by atoms with Crippen LogP contribution in [0.2, 0.25) is 0 Å². The van der Waals surface area contributed by atoms with E-state index in [1.807, 2.05) is 0 Å². The molecular weight excluding hydrogens is 188 g/mol. The zero-order chi connectivity index (χ0) is 11.0. The largest absolute Gasteiger partial charge is 0.481 e. The van der Waals surface area contributed by atoms with E-state index < -0.39 is 11.9 Å². The highest BCUT2D eigenvalue weighted by Gasteiger charge is 2.00. The second kappa shape index (κ2) is 6.59. The second-order valence-electron chi connectivity index (χ2n) is 2.42. The number of carboxylic acids is 2. The maximum absolute atomic E-state index is 10.9. The van der Waals surface area contributed by atoms with Crippen molar-refractivity contribution in [2.45, 2.75) is 12.8 Å². The smallest absolute Gasteiger partial charge is 0.328 e. The van der Waals surface area contributed by atoms with Gasteiger partial charge in [0.1, 0.15) is 0 Å². The first-order valence-corrected chi connectivity index (χ1v) is 3.84. The Morgan fingerprint density at radius 2 is 1.50 bits per heavy atom. The molecule has 0 unspecified atom stereocenters. The van der Waals surface area contributed by atoms with Crippen LogP contribution in [0.1, 0.15) is 12.8 Å².